The number of benzene rings is 2. The van der Waals surface area contributed by atoms with Crippen molar-refractivity contribution in [1.29, 1.82) is 0 Å². The zero-order valence-electron chi connectivity index (χ0n) is 17.5. The third-order valence-electron chi connectivity index (χ3n) is 4.04. The Morgan fingerprint density at radius 3 is 1.94 bits per heavy atom. The Labute approximate surface area is 189 Å². The molecule has 1 amide bonds. The van der Waals surface area contributed by atoms with Gasteiger partial charge in [-0.3, -0.25) is 9.59 Å². The SMILES string of the molecule is COc1cc(N=NC(C(C)=O)C(=O)Nc2cc(Cl)c(OC)c(OC)c2)cc(Cl)c1OC. The van der Waals surface area contributed by atoms with E-state index in [4.69, 9.17) is 42.1 Å². The molecule has 11 heteroatoms. The summed E-state index contributed by atoms with van der Waals surface area (Å²) in [6, 6.07) is 4.54. The monoisotopic (exact) mass is 469 g/mol. The van der Waals surface area contributed by atoms with E-state index in [9.17, 15) is 9.59 Å². The molecule has 0 aliphatic rings. The zero-order chi connectivity index (χ0) is 23.1. The molecular weight excluding hydrogens is 449 g/mol. The number of anilines is 1. The lowest BCUT2D eigenvalue weighted by Crippen LogP contribution is -2.31. The Bertz CT molecular complexity index is 1010. The zero-order valence-corrected chi connectivity index (χ0v) is 19.0. The molecule has 1 unspecified atom stereocenters. The molecule has 166 valence electrons. The Morgan fingerprint density at radius 2 is 1.42 bits per heavy atom. The highest BCUT2D eigenvalue weighted by atomic mass is 35.5. The first-order valence-corrected chi connectivity index (χ1v) is 9.56. The molecule has 2 aromatic carbocycles. The van der Waals surface area contributed by atoms with E-state index in [1.807, 2.05) is 0 Å². The summed E-state index contributed by atoms with van der Waals surface area (Å²) < 4.78 is 20.7. The van der Waals surface area contributed by atoms with Crippen LogP contribution in [0.3, 0.4) is 0 Å². The highest BCUT2D eigenvalue weighted by Gasteiger charge is 2.24. The van der Waals surface area contributed by atoms with Crippen molar-refractivity contribution in [3.63, 3.8) is 0 Å². The largest absolute Gasteiger partial charge is 0.493 e. The summed E-state index contributed by atoms with van der Waals surface area (Å²) in [5.41, 5.74) is 0.569. The van der Waals surface area contributed by atoms with E-state index in [-0.39, 0.29) is 15.7 Å². The van der Waals surface area contributed by atoms with Gasteiger partial charge in [-0.05, 0) is 19.1 Å². The number of azo groups is 1. The van der Waals surface area contributed by atoms with E-state index in [0.717, 1.165) is 0 Å². The molecule has 0 heterocycles. The highest BCUT2D eigenvalue weighted by Crippen LogP contribution is 2.39. The number of nitrogens with zero attached hydrogens (tertiary/aromatic N) is 2. The van der Waals surface area contributed by atoms with Gasteiger partial charge in [-0.1, -0.05) is 23.2 Å². The lowest BCUT2D eigenvalue weighted by Gasteiger charge is -2.14. The molecule has 0 aliphatic heterocycles. The summed E-state index contributed by atoms with van der Waals surface area (Å²) in [5, 5.41) is 10.9. The third-order valence-corrected chi connectivity index (χ3v) is 4.60. The van der Waals surface area contributed by atoms with Crippen molar-refractivity contribution in [2.75, 3.05) is 33.8 Å². The topological polar surface area (TPSA) is 108 Å². The number of ketones is 1. The van der Waals surface area contributed by atoms with Gasteiger partial charge >= 0.3 is 0 Å². The summed E-state index contributed by atoms with van der Waals surface area (Å²) in [4.78, 5) is 24.7. The van der Waals surface area contributed by atoms with Gasteiger partial charge in [-0.25, -0.2) is 0 Å². The molecule has 1 N–H and O–H groups in total. The van der Waals surface area contributed by atoms with Crippen molar-refractivity contribution < 1.29 is 28.5 Å². The summed E-state index contributed by atoms with van der Waals surface area (Å²) in [6.45, 7) is 1.23. The maximum Gasteiger partial charge on any atom is 0.258 e. The summed E-state index contributed by atoms with van der Waals surface area (Å²) in [7, 11) is 5.76. The fourth-order valence-corrected chi connectivity index (χ4v) is 3.18. The Balaban J connectivity index is 2.29. The van der Waals surface area contributed by atoms with Gasteiger partial charge in [0, 0.05) is 17.8 Å². The average Bonchev–Trinajstić information content (AvgIpc) is 2.72. The van der Waals surface area contributed by atoms with Crippen LogP contribution in [0.15, 0.2) is 34.5 Å². The van der Waals surface area contributed by atoms with Gasteiger partial charge in [-0.15, -0.1) is 0 Å². The molecule has 0 aromatic heterocycles. The Hall–Kier alpha value is -3.04. The fraction of sp³-hybridized carbons (Fsp3) is 0.300. The van der Waals surface area contributed by atoms with Gasteiger partial charge in [0.15, 0.2) is 28.8 Å². The van der Waals surface area contributed by atoms with Crippen LogP contribution in [-0.2, 0) is 9.59 Å². The second kappa shape index (κ2) is 10.8. The minimum absolute atomic E-state index is 0.220. The number of amides is 1. The summed E-state index contributed by atoms with van der Waals surface area (Å²) >= 11 is 12.3. The van der Waals surface area contributed by atoms with E-state index in [1.165, 1.54) is 59.6 Å². The number of ether oxygens (including phenoxy) is 4. The van der Waals surface area contributed by atoms with Crippen LogP contribution >= 0.6 is 23.2 Å². The molecule has 0 saturated carbocycles. The first-order valence-electron chi connectivity index (χ1n) is 8.80. The molecule has 0 aliphatic carbocycles. The van der Waals surface area contributed by atoms with Crippen LogP contribution in [0.25, 0.3) is 0 Å². The van der Waals surface area contributed by atoms with E-state index in [2.05, 4.69) is 15.5 Å². The van der Waals surface area contributed by atoms with Crippen molar-refractivity contribution in [3.8, 4) is 23.0 Å². The highest BCUT2D eigenvalue weighted by molar-refractivity contribution is 6.33. The second-order valence-electron chi connectivity index (χ2n) is 6.07. The molecule has 2 aromatic rings. The minimum Gasteiger partial charge on any atom is -0.493 e. The third kappa shape index (κ3) is 5.77. The van der Waals surface area contributed by atoms with Crippen LogP contribution in [0, 0.1) is 0 Å². The maximum absolute atomic E-state index is 12.7. The lowest BCUT2D eigenvalue weighted by atomic mass is 10.2. The van der Waals surface area contributed by atoms with Crippen molar-refractivity contribution >= 4 is 46.3 Å². The van der Waals surface area contributed by atoms with E-state index in [0.29, 0.717) is 28.7 Å². The van der Waals surface area contributed by atoms with E-state index >= 15 is 0 Å². The number of rotatable bonds is 9. The molecule has 0 radical (unpaired) electrons. The molecule has 0 saturated heterocycles. The summed E-state index contributed by atoms with van der Waals surface area (Å²) in [6.07, 6.45) is 0. The standard InChI is InChI=1S/C20H21Cl2N3O6/c1-10(26)17(25-24-12-7-14(22)19(31-5)16(9-12)29-3)20(27)23-11-6-13(21)18(30-4)15(8-11)28-2/h6-9,17H,1-5H3,(H,23,27). The number of hydrogen-bond donors (Lipinski definition) is 1. The number of halogens is 2. The molecule has 0 fully saturated rings. The number of carbonyl (C=O) groups excluding carboxylic acids is 2. The van der Waals surface area contributed by atoms with Crippen LogP contribution in [0.1, 0.15) is 6.92 Å². The normalized spacial score (nSPS) is 11.7. The maximum atomic E-state index is 12.7. The average molecular weight is 470 g/mol. The van der Waals surface area contributed by atoms with Gasteiger partial charge in [0.25, 0.3) is 5.91 Å². The van der Waals surface area contributed by atoms with Gasteiger partial charge in [0.1, 0.15) is 0 Å². The van der Waals surface area contributed by atoms with Crippen LogP contribution in [-0.4, -0.2) is 46.2 Å². The number of hydrogen-bond acceptors (Lipinski definition) is 8. The van der Waals surface area contributed by atoms with Gasteiger partial charge in [0.2, 0.25) is 6.04 Å². The first kappa shape index (κ1) is 24.2. The Kier molecular flexibility index (Phi) is 8.47. The van der Waals surface area contributed by atoms with Crippen molar-refractivity contribution in [1.82, 2.24) is 0 Å². The van der Waals surface area contributed by atoms with Crippen LogP contribution in [0.5, 0.6) is 23.0 Å². The molecule has 1 atom stereocenters. The molecule has 9 nitrogen and oxygen atoms in total. The lowest BCUT2D eigenvalue weighted by molar-refractivity contribution is -0.126. The quantitative estimate of drug-likeness (QED) is 0.420. The van der Waals surface area contributed by atoms with Gasteiger partial charge in [0.05, 0.1) is 44.2 Å². The molecule has 0 spiro atoms. The first-order chi connectivity index (χ1) is 14.7. The van der Waals surface area contributed by atoms with Crippen LogP contribution in [0.4, 0.5) is 11.4 Å². The van der Waals surface area contributed by atoms with Crippen molar-refractivity contribution in [2.45, 2.75) is 13.0 Å². The number of methoxy groups -OCH3 is 4. The number of nitrogens with one attached hydrogen (secondary N) is 1. The van der Waals surface area contributed by atoms with Crippen molar-refractivity contribution in [3.05, 3.63) is 34.3 Å². The predicted molar refractivity (Wildman–Crippen MR) is 117 cm³/mol. The van der Waals surface area contributed by atoms with Crippen LogP contribution in [0.2, 0.25) is 10.0 Å². The summed E-state index contributed by atoms with van der Waals surface area (Å²) in [5.74, 6) is 0.0640. The molecular formula is C20H21Cl2N3O6. The van der Waals surface area contributed by atoms with Crippen LogP contribution < -0.4 is 24.3 Å². The van der Waals surface area contributed by atoms with E-state index in [1.54, 1.807) is 0 Å². The minimum atomic E-state index is -1.40. The molecule has 2 rings (SSSR count). The van der Waals surface area contributed by atoms with Crippen molar-refractivity contribution in [2.24, 2.45) is 10.2 Å². The predicted octanol–water partition coefficient (Wildman–Crippen LogP) is 4.71. The molecule has 0 bridgehead atoms. The molecule has 31 heavy (non-hydrogen) atoms. The van der Waals surface area contributed by atoms with E-state index < -0.39 is 17.7 Å². The Morgan fingerprint density at radius 1 is 0.871 bits per heavy atom. The fourth-order valence-electron chi connectivity index (χ4n) is 2.61. The van der Waals surface area contributed by atoms with Gasteiger partial charge in [-0.2, -0.15) is 10.2 Å². The van der Waals surface area contributed by atoms with Gasteiger partial charge < -0.3 is 24.3 Å². The smallest absolute Gasteiger partial charge is 0.258 e. The second-order valence-corrected chi connectivity index (χ2v) is 6.89. The number of carbonyl (C=O) groups is 2. The number of Topliss-reactive ketones (excluding diaryl/α,β-unsaturated/α-hetero) is 1.